The van der Waals surface area contributed by atoms with Crippen LogP contribution in [0.25, 0.3) is 0 Å². The molecular weight excluding hydrogens is 389 g/mol. The Kier molecular flexibility index (Phi) is 5.18. The number of carbonyl (C=O) groups is 1. The summed E-state index contributed by atoms with van der Waals surface area (Å²) in [5.41, 5.74) is 1.76. The summed E-state index contributed by atoms with van der Waals surface area (Å²) in [4.78, 5) is 24.8. The van der Waals surface area contributed by atoms with Crippen molar-refractivity contribution in [2.75, 3.05) is 30.0 Å². The number of anilines is 3. The Morgan fingerprint density at radius 2 is 1.97 bits per heavy atom. The molecule has 1 amide bonds. The van der Waals surface area contributed by atoms with E-state index in [0.29, 0.717) is 52.9 Å². The van der Waals surface area contributed by atoms with Crippen molar-refractivity contribution in [3.05, 3.63) is 71.2 Å². The van der Waals surface area contributed by atoms with Crippen molar-refractivity contribution in [2.24, 2.45) is 0 Å². The van der Waals surface area contributed by atoms with E-state index < -0.39 is 5.95 Å². The molecule has 0 saturated heterocycles. The number of amides is 1. The molecule has 9 heteroatoms. The van der Waals surface area contributed by atoms with Gasteiger partial charge in [0.2, 0.25) is 5.95 Å². The lowest BCUT2D eigenvalue weighted by atomic mass is 10.1. The maximum atomic E-state index is 13.8. The Hall–Kier alpha value is -3.75. The molecule has 1 aliphatic rings. The van der Waals surface area contributed by atoms with Crippen LogP contribution in [0.4, 0.5) is 21.7 Å². The summed E-state index contributed by atoms with van der Waals surface area (Å²) in [6, 6.07) is 7.74. The van der Waals surface area contributed by atoms with Crippen molar-refractivity contribution in [1.29, 1.82) is 0 Å². The molecule has 154 valence electrons. The van der Waals surface area contributed by atoms with Gasteiger partial charge in [0.1, 0.15) is 11.6 Å². The first-order chi connectivity index (χ1) is 14.5. The van der Waals surface area contributed by atoms with Gasteiger partial charge in [-0.3, -0.25) is 4.79 Å². The fourth-order valence-electron chi connectivity index (χ4n) is 3.36. The second-order valence-corrected chi connectivity index (χ2v) is 6.79. The minimum atomic E-state index is -0.617. The zero-order valence-electron chi connectivity index (χ0n) is 16.6. The van der Waals surface area contributed by atoms with Crippen molar-refractivity contribution in [3.63, 3.8) is 0 Å². The van der Waals surface area contributed by atoms with E-state index in [9.17, 15) is 14.4 Å². The SMILES string of the molecule is CCN1c2ncc(CCOc3cc[n+]([O-])cc3)cc2C(=O)N(C)c2ccc(F)nc21. The number of pyridine rings is 3. The van der Waals surface area contributed by atoms with Crippen molar-refractivity contribution < 1.29 is 18.7 Å². The first-order valence-electron chi connectivity index (χ1n) is 9.50. The fourth-order valence-corrected chi connectivity index (χ4v) is 3.36. The van der Waals surface area contributed by atoms with Crippen molar-refractivity contribution in [3.8, 4) is 5.75 Å². The van der Waals surface area contributed by atoms with Gasteiger partial charge in [-0.25, -0.2) is 4.98 Å². The topological polar surface area (TPSA) is 85.5 Å². The second kappa shape index (κ2) is 7.94. The van der Waals surface area contributed by atoms with Crippen LogP contribution in [0.5, 0.6) is 5.75 Å². The summed E-state index contributed by atoms with van der Waals surface area (Å²) in [6.45, 7) is 2.73. The molecule has 0 saturated carbocycles. The van der Waals surface area contributed by atoms with E-state index in [1.165, 1.54) is 23.4 Å². The van der Waals surface area contributed by atoms with Gasteiger partial charge in [0, 0.05) is 38.3 Å². The highest BCUT2D eigenvalue weighted by molar-refractivity contribution is 6.12. The van der Waals surface area contributed by atoms with Crippen LogP contribution in [-0.2, 0) is 6.42 Å². The molecule has 0 radical (unpaired) electrons. The summed E-state index contributed by atoms with van der Waals surface area (Å²) >= 11 is 0. The monoisotopic (exact) mass is 409 g/mol. The lowest BCUT2D eigenvalue weighted by Gasteiger charge is -2.22. The number of carbonyl (C=O) groups excluding carboxylic acids is 1. The van der Waals surface area contributed by atoms with E-state index in [1.807, 2.05) is 6.92 Å². The van der Waals surface area contributed by atoms with Gasteiger partial charge in [-0.05, 0) is 30.7 Å². The molecule has 3 aromatic heterocycles. The van der Waals surface area contributed by atoms with E-state index >= 15 is 0 Å². The Bertz CT molecular complexity index is 1090. The molecule has 4 heterocycles. The predicted octanol–water partition coefficient (Wildman–Crippen LogP) is 2.62. The number of ether oxygens (including phenoxy) is 1. The number of hydrogen-bond donors (Lipinski definition) is 0. The van der Waals surface area contributed by atoms with Crippen LogP contribution in [0.2, 0.25) is 0 Å². The summed E-state index contributed by atoms with van der Waals surface area (Å²) < 4.78 is 20.1. The molecule has 0 bridgehead atoms. The zero-order valence-corrected chi connectivity index (χ0v) is 16.6. The van der Waals surface area contributed by atoms with Gasteiger partial charge < -0.3 is 19.7 Å². The normalized spacial score (nSPS) is 13.0. The Morgan fingerprint density at radius 3 is 2.70 bits per heavy atom. The Morgan fingerprint density at radius 1 is 1.20 bits per heavy atom. The third-order valence-electron chi connectivity index (χ3n) is 4.90. The van der Waals surface area contributed by atoms with Crippen LogP contribution >= 0.6 is 0 Å². The molecule has 0 unspecified atom stereocenters. The molecule has 4 rings (SSSR count). The fraction of sp³-hybridized carbons (Fsp3) is 0.238. The minimum Gasteiger partial charge on any atom is -0.619 e. The summed E-state index contributed by atoms with van der Waals surface area (Å²) in [5.74, 6) is 0.526. The van der Waals surface area contributed by atoms with Crippen molar-refractivity contribution in [1.82, 2.24) is 9.97 Å². The quantitative estimate of drug-likeness (QED) is 0.366. The van der Waals surface area contributed by atoms with Crippen molar-refractivity contribution in [2.45, 2.75) is 13.3 Å². The molecule has 0 aromatic carbocycles. The van der Waals surface area contributed by atoms with E-state index in [1.54, 1.807) is 42.4 Å². The highest BCUT2D eigenvalue weighted by Gasteiger charge is 2.31. The molecule has 0 aliphatic carbocycles. The third kappa shape index (κ3) is 3.61. The average molecular weight is 409 g/mol. The summed E-state index contributed by atoms with van der Waals surface area (Å²) in [7, 11) is 1.64. The van der Waals surface area contributed by atoms with Crippen LogP contribution in [0, 0.1) is 11.2 Å². The maximum Gasteiger partial charge on any atom is 0.261 e. The number of aromatic nitrogens is 3. The van der Waals surface area contributed by atoms with Gasteiger partial charge in [0.15, 0.2) is 18.2 Å². The van der Waals surface area contributed by atoms with E-state index in [4.69, 9.17) is 4.74 Å². The van der Waals surface area contributed by atoms with Crippen LogP contribution < -0.4 is 19.3 Å². The molecule has 0 atom stereocenters. The zero-order chi connectivity index (χ0) is 21.3. The number of fused-ring (bicyclic) bond motifs is 2. The molecule has 1 aliphatic heterocycles. The first-order valence-corrected chi connectivity index (χ1v) is 9.50. The maximum absolute atomic E-state index is 13.8. The molecule has 3 aromatic rings. The van der Waals surface area contributed by atoms with E-state index in [-0.39, 0.29) is 5.91 Å². The largest absolute Gasteiger partial charge is 0.619 e. The van der Waals surface area contributed by atoms with E-state index in [0.717, 1.165) is 5.56 Å². The van der Waals surface area contributed by atoms with Gasteiger partial charge in [-0.2, -0.15) is 14.1 Å². The number of rotatable bonds is 5. The van der Waals surface area contributed by atoms with Crippen molar-refractivity contribution >= 4 is 23.2 Å². The Labute approximate surface area is 172 Å². The third-order valence-corrected chi connectivity index (χ3v) is 4.90. The minimum absolute atomic E-state index is 0.242. The van der Waals surface area contributed by atoms with E-state index in [2.05, 4.69) is 9.97 Å². The summed E-state index contributed by atoms with van der Waals surface area (Å²) in [6.07, 6.45) is 4.93. The average Bonchev–Trinajstić information content (AvgIpc) is 2.83. The number of hydrogen-bond acceptors (Lipinski definition) is 6. The number of nitrogens with zero attached hydrogens (tertiary/aromatic N) is 5. The van der Waals surface area contributed by atoms with Crippen LogP contribution in [-0.4, -0.2) is 36.1 Å². The van der Waals surface area contributed by atoms with Gasteiger partial charge in [-0.1, -0.05) is 0 Å². The molecule has 0 N–H and O–H groups in total. The van der Waals surface area contributed by atoms with Gasteiger partial charge >= 0.3 is 0 Å². The summed E-state index contributed by atoms with van der Waals surface area (Å²) in [5, 5.41) is 11.1. The van der Waals surface area contributed by atoms with Gasteiger partial charge in [-0.15, -0.1) is 0 Å². The smallest absolute Gasteiger partial charge is 0.261 e. The molecule has 0 fully saturated rings. The predicted molar refractivity (Wildman–Crippen MR) is 108 cm³/mol. The van der Waals surface area contributed by atoms with Crippen LogP contribution in [0.1, 0.15) is 22.8 Å². The first kappa shape index (κ1) is 19.6. The second-order valence-electron chi connectivity index (χ2n) is 6.79. The van der Waals surface area contributed by atoms with Crippen LogP contribution in [0.3, 0.4) is 0 Å². The molecular formula is C21H20FN5O3. The lowest BCUT2D eigenvalue weighted by Crippen LogP contribution is -2.25. The lowest BCUT2D eigenvalue weighted by molar-refractivity contribution is -0.605. The highest BCUT2D eigenvalue weighted by atomic mass is 19.1. The molecule has 8 nitrogen and oxygen atoms in total. The standard InChI is InChI=1S/C21H20FN5O3/c1-3-27-19-16(21(28)25(2)17-4-5-18(22)24-20(17)27)12-14(13-23-19)8-11-30-15-6-9-26(29)10-7-15/h4-7,9-10,12-13H,3,8,11H2,1-2H3. The van der Waals surface area contributed by atoms with Crippen LogP contribution in [0.15, 0.2) is 48.9 Å². The highest BCUT2D eigenvalue weighted by Crippen LogP contribution is 2.37. The van der Waals surface area contributed by atoms with Gasteiger partial charge in [0.05, 0.1) is 17.9 Å². The Balaban J connectivity index is 1.61. The molecule has 0 spiro atoms. The number of halogens is 1. The molecule has 30 heavy (non-hydrogen) atoms. The van der Waals surface area contributed by atoms with Gasteiger partial charge in [0.25, 0.3) is 5.91 Å².